The number of amides is 1. The molecule has 0 fully saturated rings. The summed E-state index contributed by atoms with van der Waals surface area (Å²) in [6, 6.07) is 6.32. The number of carboxylic acids is 1. The number of allylic oxidation sites excluding steroid dienone is 1. The molecule has 11 heteroatoms. The highest BCUT2D eigenvalue weighted by Crippen LogP contribution is 2.42. The number of ketones is 1. The average molecular weight is 487 g/mol. The van der Waals surface area contributed by atoms with Crippen molar-refractivity contribution in [3.8, 4) is 28.7 Å². The van der Waals surface area contributed by atoms with E-state index in [9.17, 15) is 19.5 Å². The summed E-state index contributed by atoms with van der Waals surface area (Å²) in [6.07, 6.45) is 0.226. The standard InChI is InChI=1S/C24H25NO10/c1-12(26)20(24(29)30)25-19(27)11-34-14-6-7-15-17(10-14)35-18(21(15)28)9-13-5-8-16(31-2)23(33-4)22(13)32-3/h5-10,12,20,26H,11H2,1-4H3,(H,25,27)(H,29,30)/b18-9-/t12?,20-/m0/s1. The van der Waals surface area contributed by atoms with Crippen molar-refractivity contribution in [2.45, 2.75) is 19.1 Å². The zero-order valence-corrected chi connectivity index (χ0v) is 19.5. The highest BCUT2D eigenvalue weighted by molar-refractivity contribution is 6.14. The Morgan fingerprint density at radius 3 is 2.40 bits per heavy atom. The molecule has 0 radical (unpaired) electrons. The fourth-order valence-corrected chi connectivity index (χ4v) is 3.39. The molecule has 2 atom stereocenters. The Labute approximate surface area is 200 Å². The molecule has 0 saturated heterocycles. The Balaban J connectivity index is 1.76. The number of methoxy groups -OCH3 is 3. The number of rotatable bonds is 10. The third kappa shape index (κ3) is 5.46. The molecule has 1 unspecified atom stereocenters. The van der Waals surface area contributed by atoms with Gasteiger partial charge in [-0.25, -0.2) is 4.79 Å². The number of nitrogens with one attached hydrogen (secondary N) is 1. The van der Waals surface area contributed by atoms with Gasteiger partial charge in [-0.2, -0.15) is 0 Å². The Kier molecular flexibility index (Phi) is 7.82. The van der Waals surface area contributed by atoms with E-state index in [1.165, 1.54) is 52.5 Å². The maximum absolute atomic E-state index is 12.8. The number of benzene rings is 2. The maximum atomic E-state index is 12.8. The number of aliphatic hydroxyl groups is 1. The second kappa shape index (κ2) is 10.8. The first kappa shape index (κ1) is 25.4. The number of carbonyl (C=O) groups is 3. The van der Waals surface area contributed by atoms with Crippen LogP contribution in [0.5, 0.6) is 28.7 Å². The molecule has 2 aromatic rings. The molecule has 0 aliphatic carbocycles. The zero-order valence-electron chi connectivity index (χ0n) is 19.5. The van der Waals surface area contributed by atoms with E-state index in [1.54, 1.807) is 12.1 Å². The number of fused-ring (bicyclic) bond motifs is 1. The third-order valence-corrected chi connectivity index (χ3v) is 5.10. The minimum atomic E-state index is -1.46. The minimum absolute atomic E-state index is 0.0432. The molecule has 3 N–H and O–H groups in total. The van der Waals surface area contributed by atoms with Crippen LogP contribution in [0.2, 0.25) is 0 Å². The molecular weight excluding hydrogens is 462 g/mol. The maximum Gasteiger partial charge on any atom is 0.328 e. The molecule has 11 nitrogen and oxygen atoms in total. The summed E-state index contributed by atoms with van der Waals surface area (Å²) in [4.78, 5) is 35.9. The molecule has 1 amide bonds. The third-order valence-electron chi connectivity index (χ3n) is 5.10. The van der Waals surface area contributed by atoms with Crippen LogP contribution in [0.4, 0.5) is 0 Å². The van der Waals surface area contributed by atoms with Crippen LogP contribution in [0, 0.1) is 0 Å². The number of aliphatic hydroxyl groups excluding tert-OH is 1. The molecule has 1 aliphatic rings. The van der Waals surface area contributed by atoms with Crippen molar-refractivity contribution in [1.29, 1.82) is 0 Å². The number of ether oxygens (including phenoxy) is 5. The summed E-state index contributed by atoms with van der Waals surface area (Å²) < 4.78 is 27.2. The van der Waals surface area contributed by atoms with Gasteiger partial charge in [0.2, 0.25) is 11.5 Å². The largest absolute Gasteiger partial charge is 0.493 e. The number of Topliss-reactive ketones (excluding diaryl/α,β-unsaturated/α-hetero) is 1. The number of hydrogen-bond acceptors (Lipinski definition) is 9. The number of carbonyl (C=O) groups excluding carboxylic acids is 2. The van der Waals surface area contributed by atoms with Gasteiger partial charge in [-0.05, 0) is 37.3 Å². The highest BCUT2D eigenvalue weighted by atomic mass is 16.5. The topological polar surface area (TPSA) is 150 Å². The number of aliphatic carboxylic acids is 1. The monoisotopic (exact) mass is 487 g/mol. The van der Waals surface area contributed by atoms with Crippen LogP contribution < -0.4 is 29.0 Å². The Hall–Kier alpha value is -4.25. The van der Waals surface area contributed by atoms with Gasteiger partial charge in [0.25, 0.3) is 5.91 Å². The van der Waals surface area contributed by atoms with Crippen molar-refractivity contribution in [2.75, 3.05) is 27.9 Å². The molecule has 186 valence electrons. The lowest BCUT2D eigenvalue weighted by Crippen LogP contribution is -2.49. The fraction of sp³-hybridized carbons (Fsp3) is 0.292. The Bertz CT molecular complexity index is 1170. The van der Waals surface area contributed by atoms with E-state index in [0.29, 0.717) is 28.4 Å². The zero-order chi connectivity index (χ0) is 25.7. The van der Waals surface area contributed by atoms with Crippen LogP contribution >= 0.6 is 0 Å². The molecule has 0 spiro atoms. The summed E-state index contributed by atoms with van der Waals surface area (Å²) in [5, 5.41) is 20.7. The smallest absolute Gasteiger partial charge is 0.328 e. The van der Waals surface area contributed by atoms with Crippen LogP contribution in [0.1, 0.15) is 22.8 Å². The summed E-state index contributed by atoms with van der Waals surface area (Å²) in [5.74, 6) is -0.793. The summed E-state index contributed by atoms with van der Waals surface area (Å²) >= 11 is 0. The minimum Gasteiger partial charge on any atom is -0.493 e. The van der Waals surface area contributed by atoms with E-state index in [4.69, 9.17) is 28.8 Å². The SMILES string of the molecule is COc1ccc(/C=C2\Oc3cc(OCC(=O)N[C@H](C(=O)O)C(C)O)ccc3C2=O)c(OC)c1OC. The van der Waals surface area contributed by atoms with Gasteiger partial charge in [0, 0.05) is 11.6 Å². The van der Waals surface area contributed by atoms with Crippen molar-refractivity contribution in [3.63, 3.8) is 0 Å². The van der Waals surface area contributed by atoms with Gasteiger partial charge in [0.05, 0.1) is 33.0 Å². The van der Waals surface area contributed by atoms with E-state index in [0.717, 1.165) is 0 Å². The van der Waals surface area contributed by atoms with Crippen LogP contribution in [0.15, 0.2) is 36.1 Å². The van der Waals surface area contributed by atoms with Gasteiger partial charge in [-0.3, -0.25) is 9.59 Å². The van der Waals surface area contributed by atoms with E-state index in [1.807, 2.05) is 0 Å². The molecule has 2 aromatic carbocycles. The van der Waals surface area contributed by atoms with Crippen molar-refractivity contribution in [3.05, 3.63) is 47.2 Å². The molecule has 1 heterocycles. The van der Waals surface area contributed by atoms with Gasteiger partial charge in [-0.15, -0.1) is 0 Å². The van der Waals surface area contributed by atoms with E-state index < -0.39 is 30.6 Å². The van der Waals surface area contributed by atoms with Gasteiger partial charge < -0.3 is 39.2 Å². The molecule has 0 aromatic heterocycles. The average Bonchev–Trinajstić information content (AvgIpc) is 3.14. The lowest BCUT2D eigenvalue weighted by molar-refractivity contribution is -0.145. The molecule has 1 aliphatic heterocycles. The van der Waals surface area contributed by atoms with Crippen molar-refractivity contribution < 1.29 is 48.3 Å². The second-order valence-electron chi connectivity index (χ2n) is 7.43. The van der Waals surface area contributed by atoms with Gasteiger partial charge in [0.1, 0.15) is 11.5 Å². The van der Waals surface area contributed by atoms with Crippen LogP contribution in [-0.2, 0) is 9.59 Å². The number of hydrogen-bond donors (Lipinski definition) is 3. The first-order valence-electron chi connectivity index (χ1n) is 10.4. The Morgan fingerprint density at radius 1 is 1.09 bits per heavy atom. The molecule has 35 heavy (non-hydrogen) atoms. The van der Waals surface area contributed by atoms with E-state index in [-0.39, 0.29) is 23.0 Å². The van der Waals surface area contributed by atoms with Crippen LogP contribution in [-0.4, -0.2) is 68.0 Å². The second-order valence-corrected chi connectivity index (χ2v) is 7.43. The fourth-order valence-electron chi connectivity index (χ4n) is 3.39. The summed E-state index contributed by atoms with van der Waals surface area (Å²) in [6.45, 7) is 0.742. The molecule has 0 saturated carbocycles. The highest BCUT2D eigenvalue weighted by Gasteiger charge is 2.29. The normalized spacial score (nSPS) is 15.0. The number of carboxylic acid groups (broad SMARTS) is 1. The van der Waals surface area contributed by atoms with Gasteiger partial charge >= 0.3 is 5.97 Å². The van der Waals surface area contributed by atoms with Crippen LogP contribution in [0.3, 0.4) is 0 Å². The molecule has 3 rings (SSSR count). The van der Waals surface area contributed by atoms with Gasteiger partial charge in [0.15, 0.2) is 29.9 Å². The summed E-state index contributed by atoms with van der Waals surface area (Å²) in [7, 11) is 4.43. The quantitative estimate of drug-likeness (QED) is 0.422. The summed E-state index contributed by atoms with van der Waals surface area (Å²) in [5.41, 5.74) is 0.827. The van der Waals surface area contributed by atoms with Crippen LogP contribution in [0.25, 0.3) is 6.08 Å². The first-order chi connectivity index (χ1) is 16.7. The predicted molar refractivity (Wildman–Crippen MR) is 122 cm³/mol. The lowest BCUT2D eigenvalue weighted by atomic mass is 10.1. The van der Waals surface area contributed by atoms with Gasteiger partial charge in [-0.1, -0.05) is 0 Å². The molecular formula is C24H25NO10. The molecule has 0 bridgehead atoms. The predicted octanol–water partition coefficient (Wildman–Crippen LogP) is 1.66. The van der Waals surface area contributed by atoms with E-state index in [2.05, 4.69) is 5.32 Å². The lowest BCUT2D eigenvalue weighted by Gasteiger charge is -2.17. The Morgan fingerprint density at radius 2 is 1.80 bits per heavy atom. The van der Waals surface area contributed by atoms with E-state index >= 15 is 0 Å². The van der Waals surface area contributed by atoms with Crippen molar-refractivity contribution >= 4 is 23.7 Å². The van der Waals surface area contributed by atoms with Crippen molar-refractivity contribution in [1.82, 2.24) is 5.32 Å². The first-order valence-corrected chi connectivity index (χ1v) is 10.4. The van der Waals surface area contributed by atoms with Crippen molar-refractivity contribution in [2.24, 2.45) is 0 Å².